The van der Waals surface area contributed by atoms with Crippen LogP contribution in [0.2, 0.25) is 0 Å². The van der Waals surface area contributed by atoms with E-state index in [9.17, 15) is 9.59 Å². The lowest BCUT2D eigenvalue weighted by Crippen LogP contribution is -2.11. The number of rotatable bonds is 3. The van der Waals surface area contributed by atoms with E-state index in [0.29, 0.717) is 11.4 Å². The minimum atomic E-state index is -0.546. The molecule has 0 atom stereocenters. The summed E-state index contributed by atoms with van der Waals surface area (Å²) in [6, 6.07) is 14.8. The zero-order valence-electron chi connectivity index (χ0n) is 13.8. The number of fused-ring (bicyclic) bond motifs is 1. The molecule has 128 valence electrons. The number of carbonyl (C=O) groups is 2. The SMILES string of the molecule is COC(=O)Nc1ccc(-c2[nH]c3ccccc3c2NC(=O)OC)cc1. The fourth-order valence-electron chi connectivity index (χ4n) is 2.53. The van der Waals surface area contributed by atoms with E-state index < -0.39 is 12.2 Å². The first-order valence-corrected chi connectivity index (χ1v) is 7.53. The third-order valence-electron chi connectivity index (χ3n) is 3.72. The largest absolute Gasteiger partial charge is 0.453 e. The van der Waals surface area contributed by atoms with Crippen molar-refractivity contribution >= 4 is 34.5 Å². The standard InChI is InChI=1S/C18H17N3O4/c1-24-17(22)19-12-9-7-11(8-10-12)15-16(21-18(23)25-2)13-5-3-4-6-14(13)20-15/h3-10,20H,1-2H3,(H,19,22)(H,21,23). The van der Waals surface area contributed by atoms with Crippen molar-refractivity contribution in [2.75, 3.05) is 24.9 Å². The van der Waals surface area contributed by atoms with E-state index in [2.05, 4.69) is 20.4 Å². The van der Waals surface area contributed by atoms with Crippen LogP contribution in [0, 0.1) is 0 Å². The summed E-state index contributed by atoms with van der Waals surface area (Å²) in [6.07, 6.45) is -1.08. The fourth-order valence-corrected chi connectivity index (χ4v) is 2.53. The van der Waals surface area contributed by atoms with E-state index in [1.807, 2.05) is 36.4 Å². The Bertz CT molecular complexity index is 916. The number of hydrogen-bond donors (Lipinski definition) is 3. The highest BCUT2D eigenvalue weighted by Crippen LogP contribution is 2.35. The summed E-state index contributed by atoms with van der Waals surface area (Å²) >= 11 is 0. The molecule has 3 aromatic rings. The third kappa shape index (κ3) is 3.40. The van der Waals surface area contributed by atoms with Crippen molar-refractivity contribution in [3.63, 3.8) is 0 Å². The smallest absolute Gasteiger partial charge is 0.411 e. The topological polar surface area (TPSA) is 92.5 Å². The number of ether oxygens (including phenoxy) is 2. The number of methoxy groups -OCH3 is 2. The van der Waals surface area contributed by atoms with Gasteiger partial charge in [-0.05, 0) is 18.2 Å². The van der Waals surface area contributed by atoms with Crippen molar-refractivity contribution in [1.82, 2.24) is 4.98 Å². The maximum atomic E-state index is 11.7. The second kappa shape index (κ2) is 6.96. The molecule has 7 heteroatoms. The number of aromatic nitrogens is 1. The molecular formula is C18H17N3O4. The molecule has 0 fully saturated rings. The van der Waals surface area contributed by atoms with Crippen molar-refractivity contribution in [1.29, 1.82) is 0 Å². The molecule has 3 rings (SSSR count). The lowest BCUT2D eigenvalue weighted by molar-refractivity contribution is 0.186. The molecule has 3 N–H and O–H groups in total. The minimum absolute atomic E-state index is 0.536. The molecule has 7 nitrogen and oxygen atoms in total. The Morgan fingerprint density at radius 1 is 0.880 bits per heavy atom. The molecule has 25 heavy (non-hydrogen) atoms. The molecule has 0 bridgehead atoms. The summed E-state index contributed by atoms with van der Waals surface area (Å²) < 4.78 is 9.28. The van der Waals surface area contributed by atoms with Gasteiger partial charge in [0, 0.05) is 22.2 Å². The number of hydrogen-bond acceptors (Lipinski definition) is 4. The summed E-state index contributed by atoms with van der Waals surface area (Å²) in [5.41, 5.74) is 3.72. The summed E-state index contributed by atoms with van der Waals surface area (Å²) in [6.45, 7) is 0. The number of anilines is 2. The van der Waals surface area contributed by atoms with E-state index in [-0.39, 0.29) is 0 Å². The van der Waals surface area contributed by atoms with Gasteiger partial charge in [-0.25, -0.2) is 9.59 Å². The molecule has 2 amide bonds. The Balaban J connectivity index is 2.01. The Morgan fingerprint density at radius 3 is 2.20 bits per heavy atom. The maximum absolute atomic E-state index is 11.7. The van der Waals surface area contributed by atoms with Gasteiger partial charge in [0.2, 0.25) is 0 Å². The van der Waals surface area contributed by atoms with Crippen LogP contribution in [0.1, 0.15) is 0 Å². The van der Waals surface area contributed by atoms with Gasteiger partial charge in [-0.15, -0.1) is 0 Å². The predicted molar refractivity (Wildman–Crippen MR) is 95.8 cm³/mol. The van der Waals surface area contributed by atoms with E-state index in [1.165, 1.54) is 14.2 Å². The van der Waals surface area contributed by atoms with Crippen LogP contribution in [-0.4, -0.2) is 31.4 Å². The van der Waals surface area contributed by atoms with Gasteiger partial charge in [-0.1, -0.05) is 30.3 Å². The molecule has 0 aliphatic carbocycles. The first-order valence-electron chi connectivity index (χ1n) is 7.53. The highest BCUT2D eigenvalue weighted by molar-refractivity contribution is 6.06. The average Bonchev–Trinajstić information content (AvgIpc) is 3.00. The summed E-state index contributed by atoms with van der Waals surface area (Å²) in [7, 11) is 2.62. The van der Waals surface area contributed by atoms with E-state index in [0.717, 1.165) is 22.2 Å². The number of carbonyl (C=O) groups excluding carboxylic acids is 2. The zero-order chi connectivity index (χ0) is 17.8. The van der Waals surface area contributed by atoms with Crippen LogP contribution in [0.3, 0.4) is 0 Å². The quantitative estimate of drug-likeness (QED) is 0.667. The normalized spacial score (nSPS) is 10.3. The van der Waals surface area contributed by atoms with Crippen LogP contribution in [0.15, 0.2) is 48.5 Å². The molecule has 1 heterocycles. The maximum Gasteiger partial charge on any atom is 0.411 e. The predicted octanol–water partition coefficient (Wildman–Crippen LogP) is 4.19. The van der Waals surface area contributed by atoms with Crippen LogP contribution >= 0.6 is 0 Å². The fraction of sp³-hybridized carbons (Fsp3) is 0.111. The molecule has 0 radical (unpaired) electrons. The first kappa shape index (κ1) is 16.4. The molecule has 2 aromatic carbocycles. The van der Waals surface area contributed by atoms with E-state index in [1.54, 1.807) is 12.1 Å². The number of para-hydroxylation sites is 1. The highest BCUT2D eigenvalue weighted by atomic mass is 16.5. The van der Waals surface area contributed by atoms with Gasteiger partial charge in [0.1, 0.15) is 0 Å². The van der Waals surface area contributed by atoms with Crippen LogP contribution in [0.25, 0.3) is 22.2 Å². The Labute approximate surface area is 143 Å². The second-order valence-corrected chi connectivity index (χ2v) is 5.23. The highest BCUT2D eigenvalue weighted by Gasteiger charge is 2.15. The number of H-pyrrole nitrogens is 1. The van der Waals surface area contributed by atoms with E-state index in [4.69, 9.17) is 4.74 Å². The third-order valence-corrected chi connectivity index (χ3v) is 3.72. The molecule has 0 aliphatic rings. The monoisotopic (exact) mass is 339 g/mol. The molecule has 0 saturated heterocycles. The molecule has 0 saturated carbocycles. The van der Waals surface area contributed by atoms with Gasteiger partial charge in [0.05, 0.1) is 25.6 Å². The van der Waals surface area contributed by atoms with Gasteiger partial charge in [-0.3, -0.25) is 10.6 Å². The molecule has 0 spiro atoms. The molecule has 0 aliphatic heterocycles. The Morgan fingerprint density at radius 2 is 1.52 bits per heavy atom. The summed E-state index contributed by atoms with van der Waals surface area (Å²) in [5, 5.41) is 6.22. The average molecular weight is 339 g/mol. The van der Waals surface area contributed by atoms with Gasteiger partial charge < -0.3 is 14.5 Å². The minimum Gasteiger partial charge on any atom is -0.453 e. The van der Waals surface area contributed by atoms with Crippen molar-refractivity contribution in [2.24, 2.45) is 0 Å². The van der Waals surface area contributed by atoms with Crippen molar-refractivity contribution in [3.8, 4) is 11.3 Å². The second-order valence-electron chi connectivity index (χ2n) is 5.23. The Kier molecular flexibility index (Phi) is 4.56. The van der Waals surface area contributed by atoms with Gasteiger partial charge in [0.25, 0.3) is 0 Å². The molecule has 0 unspecified atom stereocenters. The van der Waals surface area contributed by atoms with Crippen molar-refractivity contribution in [2.45, 2.75) is 0 Å². The molecular weight excluding hydrogens is 322 g/mol. The van der Waals surface area contributed by atoms with Crippen LogP contribution in [-0.2, 0) is 9.47 Å². The van der Waals surface area contributed by atoms with Crippen LogP contribution in [0.4, 0.5) is 21.0 Å². The van der Waals surface area contributed by atoms with Gasteiger partial charge in [-0.2, -0.15) is 0 Å². The van der Waals surface area contributed by atoms with Crippen LogP contribution in [0.5, 0.6) is 0 Å². The molecule has 1 aromatic heterocycles. The number of aromatic amines is 1. The summed E-state index contributed by atoms with van der Waals surface area (Å²) in [4.78, 5) is 26.3. The van der Waals surface area contributed by atoms with Gasteiger partial charge >= 0.3 is 12.2 Å². The number of nitrogens with one attached hydrogen (secondary N) is 3. The van der Waals surface area contributed by atoms with E-state index >= 15 is 0 Å². The zero-order valence-corrected chi connectivity index (χ0v) is 13.8. The number of amides is 2. The first-order chi connectivity index (χ1) is 12.1. The Hall–Kier alpha value is -3.48. The van der Waals surface area contributed by atoms with Gasteiger partial charge in [0.15, 0.2) is 0 Å². The lowest BCUT2D eigenvalue weighted by atomic mass is 10.1. The number of benzene rings is 2. The van der Waals surface area contributed by atoms with Crippen molar-refractivity contribution in [3.05, 3.63) is 48.5 Å². The summed E-state index contributed by atoms with van der Waals surface area (Å²) in [5.74, 6) is 0. The lowest BCUT2D eigenvalue weighted by Gasteiger charge is -2.08. The van der Waals surface area contributed by atoms with Crippen LogP contribution < -0.4 is 10.6 Å². The van der Waals surface area contributed by atoms with Crippen molar-refractivity contribution < 1.29 is 19.1 Å².